The number of fused-ring (bicyclic) bond motifs is 15. The number of phenols is 3. The zero-order valence-corrected chi connectivity index (χ0v) is 64.3. The van der Waals surface area contributed by atoms with Gasteiger partial charge in [0.1, 0.15) is 95.5 Å². The van der Waals surface area contributed by atoms with Crippen LogP contribution in [0.5, 0.6) is 46.0 Å². The molecule has 0 radical (unpaired) electrons. The van der Waals surface area contributed by atoms with E-state index in [9.17, 15) is 69.9 Å². The highest BCUT2D eigenvalue weighted by Crippen LogP contribution is 2.50. The fourth-order valence-electron chi connectivity index (χ4n) is 13.9. The number of aliphatic hydroxyl groups is 6. The summed E-state index contributed by atoms with van der Waals surface area (Å²) in [5.41, 5.74) is 9.51. The van der Waals surface area contributed by atoms with E-state index < -0.39 is 243 Å². The fourth-order valence-corrected chi connectivity index (χ4v) is 14.4. The van der Waals surface area contributed by atoms with Crippen LogP contribution in [0.25, 0.3) is 17.2 Å². The second-order valence-electron chi connectivity index (χ2n) is 29.1. The molecular formula is C79H87Cl2N11O24. The van der Waals surface area contributed by atoms with Crippen LogP contribution in [-0.4, -0.2) is 205 Å². The van der Waals surface area contributed by atoms with Crippen LogP contribution in [0, 0.1) is 18.3 Å². The van der Waals surface area contributed by atoms with E-state index in [1.807, 2.05) is 13.8 Å². The molecule has 6 aromatic rings. The van der Waals surface area contributed by atoms with Crippen molar-refractivity contribution in [3.05, 3.63) is 158 Å². The van der Waals surface area contributed by atoms with Crippen molar-refractivity contribution in [2.24, 2.45) is 17.4 Å². The van der Waals surface area contributed by atoms with Crippen LogP contribution in [0.4, 0.5) is 0 Å². The first-order valence-corrected chi connectivity index (χ1v) is 37.3. The standard InChI is InChI=1S/C79H87Cl2N11O24/c1-7-35-8-10-36(11-9-35)12-19-56(98)85-20-21-86-73(106)61-43-28-41(94)29-49(96)58(43)42-23-37(13-16-48(42)95)59-74(107)92-63(77(110)90-61)65(100)39-15-18-51(45(81)25-39)113-53-27-40-26-52(68(53)116-78-69(67(102)66(101)54(32-93)114-78)115-57-31-79(5,83)70(103)34(4)111-57)112-50-17-14-38(24-44(50)80)64(99)62(91-71(104)46(84-6)22-33(2)3)76(109)87-47(30-55(82)97)72(105)88-60(40)75(108)89-59/h1,8-19,23-29,33-34,46-47,54,57,59-67,69-70,78,84,93-96,99-103H,20-22,30-32,83H2,2-6H3,(H2,82,97)(H,85,98)(H,86,106)(H,87,109)(H,88,105)(H,89,108)(H,90,110)(H,91,104)(H,92,107)/b19-12+/t34-,46+,47-,54+,57-,59+,60?,61?,62+,63-,64+,65+,66+,67-,69+,70+,78-,79-/m0/s1. The number of amides is 9. The third-order valence-corrected chi connectivity index (χ3v) is 20.6. The van der Waals surface area contributed by atoms with Gasteiger partial charge in [-0.3, -0.25) is 43.2 Å². The molecule has 22 N–H and O–H groups in total. The van der Waals surface area contributed by atoms with E-state index in [4.69, 9.17) is 69.5 Å². The first-order valence-electron chi connectivity index (χ1n) is 36.6. The summed E-state index contributed by atoms with van der Waals surface area (Å²) in [7, 11) is 1.47. The molecule has 616 valence electrons. The minimum atomic E-state index is -2.37. The van der Waals surface area contributed by atoms with Gasteiger partial charge in [-0.05, 0) is 139 Å². The summed E-state index contributed by atoms with van der Waals surface area (Å²) in [4.78, 5) is 133. The van der Waals surface area contributed by atoms with E-state index in [1.54, 1.807) is 24.3 Å². The Morgan fingerprint density at radius 2 is 1.34 bits per heavy atom. The predicted molar refractivity (Wildman–Crippen MR) is 411 cm³/mol. The van der Waals surface area contributed by atoms with Crippen molar-refractivity contribution in [1.82, 2.24) is 47.9 Å². The van der Waals surface area contributed by atoms with E-state index in [1.165, 1.54) is 45.2 Å². The van der Waals surface area contributed by atoms with Gasteiger partial charge in [0.2, 0.25) is 65.2 Å². The number of terminal acetylenes is 1. The highest BCUT2D eigenvalue weighted by atomic mass is 35.5. The van der Waals surface area contributed by atoms with Gasteiger partial charge in [-0.15, -0.1) is 6.42 Å². The van der Waals surface area contributed by atoms with Gasteiger partial charge in [-0.25, -0.2) is 0 Å². The number of phenolic OH excluding ortho intramolecular Hbond substituents is 3. The van der Waals surface area contributed by atoms with Gasteiger partial charge in [0.25, 0.3) is 0 Å². The quantitative estimate of drug-likeness (QED) is 0.0323. The second-order valence-corrected chi connectivity index (χ2v) is 29.9. The number of likely N-dealkylation sites (N-methyl/N-ethyl adjacent to an activating group) is 1. The van der Waals surface area contributed by atoms with Gasteiger partial charge in [0.05, 0.1) is 41.3 Å². The number of carbonyl (C=O) groups is 9. The SMILES string of the molecule is C#Cc1ccc(/C=C/C(=O)NCCNC(=O)C2NC(=O)[C@H]3NC(=O)[C@H](NC(=O)C4NC(=O)[C@H](CC(N)=O)NC(=O)[C@H](NC(=O)[C@@H](CC(C)C)NC)[C@H](O)c5ccc(c(Cl)c5)Oc5cc4cc(c5O[C@@H]4O[C@H](CO)[C@@H](O)[C@H](O)[C@H]4O[C@H]4C[C@](C)(N)[C@H](O)[C@H](C)O4)Oc4ccc(cc4Cl)[C@H]3O)c3ccc(O)c(c3)-c3c(O)cc(O)cc32)cc1. The molecule has 7 aliphatic rings. The van der Waals surface area contributed by atoms with Crippen molar-refractivity contribution in [3.63, 3.8) is 0 Å². The van der Waals surface area contributed by atoms with E-state index in [-0.39, 0.29) is 59.3 Å². The number of nitrogens with one attached hydrogen (secondary N) is 9. The lowest BCUT2D eigenvalue weighted by Crippen LogP contribution is -2.64. The molecule has 9 amide bonds. The van der Waals surface area contributed by atoms with Crippen LogP contribution in [-0.2, 0) is 57.4 Å². The number of benzene rings is 6. The van der Waals surface area contributed by atoms with Gasteiger partial charge in [-0.1, -0.05) is 73.3 Å². The first kappa shape index (κ1) is 85.7. The van der Waals surface area contributed by atoms with Gasteiger partial charge in [-0.2, -0.15) is 0 Å². The maximum Gasteiger partial charge on any atom is 0.248 e. The third-order valence-electron chi connectivity index (χ3n) is 20.0. The predicted octanol–water partition coefficient (Wildman–Crippen LogP) is 0.949. The van der Waals surface area contributed by atoms with E-state index >= 15 is 19.2 Å². The number of hydrogen-bond donors (Lipinski definition) is 20. The van der Waals surface area contributed by atoms with Gasteiger partial charge in [0, 0.05) is 53.9 Å². The van der Waals surface area contributed by atoms with Crippen LogP contribution in [0.3, 0.4) is 0 Å². The Morgan fingerprint density at radius 1 is 0.716 bits per heavy atom. The number of ether oxygens (including phenoxy) is 6. The molecule has 2 unspecified atom stereocenters. The molecule has 18 atom stereocenters. The molecule has 116 heavy (non-hydrogen) atoms. The average molecular weight is 1650 g/mol. The van der Waals surface area contributed by atoms with Crippen LogP contribution < -0.4 is 73.5 Å². The molecule has 0 spiro atoms. The largest absolute Gasteiger partial charge is 0.508 e. The van der Waals surface area contributed by atoms with Crippen LogP contribution in [0.2, 0.25) is 10.0 Å². The summed E-state index contributed by atoms with van der Waals surface area (Å²) in [5.74, 6) is -13.3. The molecule has 0 saturated carbocycles. The summed E-state index contributed by atoms with van der Waals surface area (Å²) in [6, 6.07) is 6.42. The maximum atomic E-state index is 16.3. The molecule has 6 aromatic carbocycles. The number of rotatable bonds is 18. The fraction of sp³-hybridized carbons (Fsp3) is 0.380. The molecule has 11 bridgehead atoms. The number of halogens is 2. The normalized spacial score (nSPS) is 27.0. The van der Waals surface area contributed by atoms with Crippen molar-refractivity contribution in [2.75, 3.05) is 26.7 Å². The topological polar surface area (TPSA) is 551 Å². The summed E-state index contributed by atoms with van der Waals surface area (Å²) in [6.07, 6.45) is -10.6. The maximum absolute atomic E-state index is 16.3. The average Bonchev–Trinajstić information content (AvgIpc) is 0.762. The third kappa shape index (κ3) is 19.3. The number of carbonyl (C=O) groups excluding carboxylic acids is 9. The van der Waals surface area contributed by atoms with Crippen molar-refractivity contribution in [2.45, 2.75) is 156 Å². The van der Waals surface area contributed by atoms with Gasteiger partial charge in [0.15, 0.2) is 23.9 Å². The summed E-state index contributed by atoms with van der Waals surface area (Å²) < 4.78 is 38.6. The Balaban J connectivity index is 1.10. The summed E-state index contributed by atoms with van der Waals surface area (Å²) in [6.45, 7) is 5.05. The van der Waals surface area contributed by atoms with Crippen LogP contribution in [0.1, 0.15) is 116 Å². The van der Waals surface area contributed by atoms with E-state index in [2.05, 4.69) is 53.8 Å². The smallest absolute Gasteiger partial charge is 0.248 e. The molecule has 37 heteroatoms. The van der Waals surface area contributed by atoms with Crippen LogP contribution >= 0.6 is 23.2 Å². The molecule has 35 nitrogen and oxygen atoms in total. The lowest BCUT2D eigenvalue weighted by Gasteiger charge is -2.47. The number of hydrogen-bond acceptors (Lipinski definition) is 26. The molecule has 0 aromatic heterocycles. The molecular weight excluding hydrogens is 1560 g/mol. The Labute approximate surface area is 672 Å². The van der Waals surface area contributed by atoms with Gasteiger partial charge >= 0.3 is 0 Å². The first-order chi connectivity index (χ1) is 55.0. The number of nitrogens with two attached hydrogens (primary N) is 2. The lowest BCUT2D eigenvalue weighted by molar-refractivity contribution is -0.333. The molecule has 0 aliphatic carbocycles. The Hall–Kier alpha value is -11.2. The lowest BCUT2D eigenvalue weighted by atomic mass is 9.86. The minimum absolute atomic E-state index is 0.109. The molecule has 2 saturated heterocycles. The van der Waals surface area contributed by atoms with Crippen molar-refractivity contribution < 1.29 is 118 Å². The minimum Gasteiger partial charge on any atom is -0.508 e. The number of primary amides is 1. The molecule has 2 fully saturated rings. The zero-order valence-electron chi connectivity index (χ0n) is 62.7. The van der Waals surface area contributed by atoms with Crippen LogP contribution in [0.15, 0.2) is 109 Å². The Kier molecular flexibility index (Phi) is 26.8. The van der Waals surface area contributed by atoms with E-state index in [0.29, 0.717) is 11.1 Å². The number of aromatic hydroxyl groups is 3. The summed E-state index contributed by atoms with van der Waals surface area (Å²) in [5, 5.41) is 127. The van der Waals surface area contributed by atoms with E-state index in [0.717, 1.165) is 66.7 Å². The Morgan fingerprint density at radius 3 is 1.95 bits per heavy atom. The number of aliphatic hydroxyl groups excluding tert-OH is 6. The molecule has 7 aliphatic heterocycles. The second kappa shape index (κ2) is 36.3. The van der Waals surface area contributed by atoms with Crippen molar-refractivity contribution in [1.29, 1.82) is 0 Å². The molecule has 13 rings (SSSR count). The van der Waals surface area contributed by atoms with Crippen molar-refractivity contribution in [3.8, 4) is 69.5 Å². The zero-order chi connectivity index (χ0) is 84.0. The highest BCUT2D eigenvalue weighted by molar-refractivity contribution is 6.32. The highest BCUT2D eigenvalue weighted by Gasteiger charge is 2.52. The Bertz CT molecular complexity index is 4850. The summed E-state index contributed by atoms with van der Waals surface area (Å²) >= 11 is 14.3. The van der Waals surface area contributed by atoms with Gasteiger partial charge < -0.3 is 134 Å². The monoisotopic (exact) mass is 1640 g/mol. The molecule has 7 heterocycles. The van der Waals surface area contributed by atoms with Crippen molar-refractivity contribution >= 4 is 82.4 Å².